The maximum absolute atomic E-state index is 8.00. The van der Waals surface area contributed by atoms with Crippen LogP contribution in [0.4, 0.5) is 0 Å². The first-order valence-corrected chi connectivity index (χ1v) is 0.365. The van der Waals surface area contributed by atoms with Gasteiger partial charge in [-0.25, -0.2) is 0 Å². The molecule has 0 aromatic rings. The summed E-state index contributed by atoms with van der Waals surface area (Å²) in [7, 11) is 0. The van der Waals surface area contributed by atoms with Gasteiger partial charge in [-0.15, -0.1) is 5.34 Å². The van der Waals surface area contributed by atoms with Crippen molar-refractivity contribution in [3.63, 3.8) is 0 Å². The highest BCUT2D eigenvalue weighted by Gasteiger charge is 0.958. The molecule has 5 heavy (non-hydrogen) atoms. The van der Waals surface area contributed by atoms with Gasteiger partial charge in [-0.1, -0.05) is 7.43 Å². The molecule has 0 bridgehead atoms. The van der Waals surface area contributed by atoms with E-state index < -0.39 is 0 Å². The second-order valence-corrected chi connectivity index (χ2v) is 0.0745. The van der Waals surface area contributed by atoms with Crippen LogP contribution in [0.1, 0.15) is 7.43 Å². The van der Waals surface area contributed by atoms with Gasteiger partial charge >= 0.3 is 0 Å². The fourth-order valence-corrected chi connectivity index (χ4v) is 0. The monoisotopic (exact) mass is 80.1 g/mol. The van der Waals surface area contributed by atoms with Crippen LogP contribution >= 0.6 is 0 Å². The number of quaternary nitrogens is 1. The molecule has 4 nitrogen and oxygen atoms in total. The lowest BCUT2D eigenvalue weighted by Gasteiger charge is -1.51. The van der Waals surface area contributed by atoms with E-state index in [0.717, 1.165) is 5.34 Å². The van der Waals surface area contributed by atoms with Gasteiger partial charge in [0.15, 0.2) is 0 Å². The van der Waals surface area contributed by atoms with Crippen molar-refractivity contribution in [3.05, 3.63) is 10.1 Å². The average molecular weight is 80.1 g/mol. The van der Waals surface area contributed by atoms with Crippen molar-refractivity contribution < 1.29 is 0 Å². The Bertz CT molecular complexity index is 15.1. The molecule has 0 spiro atoms. The zero-order chi connectivity index (χ0) is 2.71. The maximum atomic E-state index is 8.00. The Morgan fingerprint density at radius 2 is 1.60 bits per heavy atom. The van der Waals surface area contributed by atoms with E-state index >= 15 is 0 Å². The second kappa shape index (κ2) is 144. The van der Waals surface area contributed by atoms with E-state index in [1.54, 1.807) is 0 Å². The highest BCUT2D eigenvalue weighted by Crippen LogP contribution is 1.34. The molecule has 34 valence electrons. The van der Waals surface area contributed by atoms with Gasteiger partial charge in [-0.3, -0.25) is 0 Å². The van der Waals surface area contributed by atoms with Crippen LogP contribution in [0.2, 0.25) is 0 Å². The number of hydrogen-bond acceptors (Lipinski definition) is 3. The summed E-state index contributed by atoms with van der Waals surface area (Å²) in [6.45, 7) is 0. The van der Waals surface area contributed by atoms with Crippen molar-refractivity contribution in [1.82, 2.24) is 6.15 Å². The van der Waals surface area contributed by atoms with E-state index in [9.17, 15) is 0 Å². The highest BCUT2D eigenvalue weighted by molar-refractivity contribution is 4.21. The van der Waals surface area contributed by atoms with Crippen LogP contribution < -0.4 is 6.15 Å². The van der Waals surface area contributed by atoms with Crippen LogP contribution in [-0.4, -0.2) is 0 Å². The molecule has 4 N–H and O–H groups in total. The zero-order valence-corrected chi connectivity index (χ0v) is 2.26. The molecule has 4 heteroatoms. The summed E-state index contributed by atoms with van der Waals surface area (Å²) in [5, 5.41) is 9.00. The number of rotatable bonds is 0. The van der Waals surface area contributed by atoms with E-state index in [4.69, 9.17) is 10.1 Å². The highest BCUT2D eigenvalue weighted by atomic mass is 16.6. The largest absolute Gasteiger partial charge is 0.444 e. The van der Waals surface area contributed by atoms with Crippen LogP contribution in [0, 0.1) is 10.1 Å². The predicted octanol–water partition coefficient (Wildman–Crippen LogP) is 1.26. The van der Waals surface area contributed by atoms with Crippen molar-refractivity contribution in [2.45, 2.75) is 7.43 Å². The normalized spacial score (nSPS) is 2.40. The van der Waals surface area contributed by atoms with Gasteiger partial charge in [0.05, 0.1) is 0 Å². The van der Waals surface area contributed by atoms with E-state index in [0.29, 0.717) is 0 Å². The summed E-state index contributed by atoms with van der Waals surface area (Å²) in [4.78, 5) is 8.00. The quantitative estimate of drug-likeness (QED) is 0.350. The maximum Gasteiger partial charge on any atom is -0.0776 e. The minimum absolute atomic E-state index is 0. The van der Waals surface area contributed by atoms with Gasteiger partial charge in [-0.05, 0) is 0 Å². The fourth-order valence-electron chi connectivity index (χ4n) is 0. The van der Waals surface area contributed by atoms with E-state index in [-0.39, 0.29) is 13.6 Å². The van der Waals surface area contributed by atoms with Crippen LogP contribution in [-0.2, 0) is 0 Å². The summed E-state index contributed by atoms with van der Waals surface area (Å²) in [6.07, 6.45) is 0. The van der Waals surface area contributed by atoms with Gasteiger partial charge in [-0.2, -0.15) is 0 Å². The van der Waals surface area contributed by atoms with Gasteiger partial charge < -0.3 is 16.3 Å². The second-order valence-electron chi connectivity index (χ2n) is 0.0745. The first-order chi connectivity index (χ1) is 1.41. The van der Waals surface area contributed by atoms with Crippen molar-refractivity contribution in [1.29, 1.82) is 0 Å². The molecular formula is CH8N2O2. The molecule has 0 saturated carbocycles. The third kappa shape index (κ3) is 15.2. The summed E-state index contributed by atoms with van der Waals surface area (Å²) in [6, 6.07) is 0. The smallest absolute Gasteiger partial charge is 0.0776 e. The molecule has 0 fully saturated rings. The molecule has 0 aliphatic rings. The third-order valence-corrected chi connectivity index (χ3v) is 0. The first-order valence-electron chi connectivity index (χ1n) is 0.365. The molecular weight excluding hydrogens is 72.0 g/mol. The molecule has 0 amide bonds. The SMILES string of the molecule is C.O=N[O-].[NH4+]. The molecule has 0 radical (unpaired) electrons. The predicted molar refractivity (Wildman–Crippen MR) is 21.9 cm³/mol. The van der Waals surface area contributed by atoms with E-state index in [2.05, 4.69) is 0 Å². The fraction of sp³-hybridized carbons (Fsp3) is 1.00. The summed E-state index contributed by atoms with van der Waals surface area (Å²) in [5.41, 5.74) is 0. The van der Waals surface area contributed by atoms with Gasteiger partial charge in [0.25, 0.3) is 0 Å². The van der Waals surface area contributed by atoms with Crippen LogP contribution in [0.25, 0.3) is 0 Å². The Hall–Kier alpha value is -0.640. The Balaban J connectivity index is -0.0000000200. The molecule has 0 aliphatic carbocycles. The summed E-state index contributed by atoms with van der Waals surface area (Å²) in [5.74, 6) is 0. The van der Waals surface area contributed by atoms with E-state index in [1.807, 2.05) is 0 Å². The van der Waals surface area contributed by atoms with Gasteiger partial charge in [0.1, 0.15) is 0 Å². The molecule has 0 heterocycles. The Morgan fingerprint density at radius 1 is 1.60 bits per heavy atom. The minimum Gasteiger partial charge on any atom is -0.444 e. The van der Waals surface area contributed by atoms with Crippen LogP contribution in [0.3, 0.4) is 0 Å². The Morgan fingerprint density at radius 3 is 1.60 bits per heavy atom. The summed E-state index contributed by atoms with van der Waals surface area (Å²) >= 11 is 0. The summed E-state index contributed by atoms with van der Waals surface area (Å²) < 4.78 is 0. The number of nitrogens with zero attached hydrogens (tertiary/aromatic N) is 1. The third-order valence-electron chi connectivity index (χ3n) is 0. The lowest BCUT2D eigenvalue weighted by atomic mass is 12.0. The number of hydrogen-bond donors (Lipinski definition) is 1. The lowest BCUT2D eigenvalue weighted by Crippen LogP contribution is -1.12. The van der Waals surface area contributed by atoms with Gasteiger partial charge in [0, 0.05) is 0 Å². The molecule has 0 rings (SSSR count). The Kier molecular flexibility index (Phi) is 769. The van der Waals surface area contributed by atoms with Gasteiger partial charge in [0.2, 0.25) is 0 Å². The van der Waals surface area contributed by atoms with Crippen molar-refractivity contribution in [2.75, 3.05) is 0 Å². The van der Waals surface area contributed by atoms with E-state index in [1.165, 1.54) is 0 Å². The Labute approximate surface area is 30.3 Å². The van der Waals surface area contributed by atoms with Crippen LogP contribution in [0.5, 0.6) is 0 Å². The molecule has 0 atom stereocenters. The van der Waals surface area contributed by atoms with Crippen LogP contribution in [0.15, 0.2) is 5.34 Å². The topological polar surface area (TPSA) is 89.0 Å². The van der Waals surface area contributed by atoms with Crippen molar-refractivity contribution >= 4 is 0 Å². The molecule has 0 unspecified atom stereocenters. The first kappa shape index (κ1) is 26.6. The molecule has 0 aromatic heterocycles. The average Bonchev–Trinajstić information content (AvgIpc) is 0.918. The zero-order valence-electron chi connectivity index (χ0n) is 2.26. The molecule has 0 saturated heterocycles. The minimum atomic E-state index is 0. The molecule has 0 aliphatic heterocycles. The lowest BCUT2D eigenvalue weighted by molar-refractivity contribution is 1.59. The standard InChI is InChI=1S/CH4.HNO2.H3N/c;2-1-3;/h1H4;(H,2,3);1H3. The van der Waals surface area contributed by atoms with Crippen molar-refractivity contribution in [3.8, 4) is 0 Å². The molecule has 0 aromatic carbocycles. The van der Waals surface area contributed by atoms with Crippen molar-refractivity contribution in [2.24, 2.45) is 5.34 Å².